The van der Waals surface area contributed by atoms with Crippen molar-refractivity contribution in [2.75, 3.05) is 25.6 Å². The van der Waals surface area contributed by atoms with E-state index in [9.17, 15) is 18.0 Å². The largest absolute Gasteiger partial charge is 0.489 e. The number of ether oxygens (including phenoxy) is 2. The van der Waals surface area contributed by atoms with Crippen LogP contribution in [0.4, 0.5) is 18.9 Å². The molecule has 0 bridgehead atoms. The number of tetrazole rings is 1. The molecule has 1 amide bonds. The molecule has 1 N–H and O–H groups in total. The summed E-state index contributed by atoms with van der Waals surface area (Å²) in [6, 6.07) is 9.17. The van der Waals surface area contributed by atoms with Crippen LogP contribution in [-0.2, 0) is 10.9 Å². The highest BCUT2D eigenvalue weighted by Crippen LogP contribution is 2.35. The van der Waals surface area contributed by atoms with E-state index < -0.39 is 17.6 Å². The lowest BCUT2D eigenvalue weighted by atomic mass is 10.1. The Morgan fingerprint density at radius 2 is 2.00 bits per heavy atom. The molecular weight excluding hydrogens is 391 g/mol. The molecule has 1 aromatic heterocycles. The second-order valence-electron chi connectivity index (χ2n) is 5.81. The van der Waals surface area contributed by atoms with Gasteiger partial charge in [0.15, 0.2) is 0 Å². The first-order chi connectivity index (χ1) is 13.9. The minimum Gasteiger partial charge on any atom is -0.489 e. The number of methoxy groups -OCH3 is 1. The van der Waals surface area contributed by atoms with Crippen molar-refractivity contribution in [3.63, 3.8) is 0 Å². The van der Waals surface area contributed by atoms with Crippen LogP contribution < -0.4 is 10.1 Å². The van der Waals surface area contributed by atoms with Crippen LogP contribution in [0.5, 0.6) is 5.75 Å². The first-order valence-corrected chi connectivity index (χ1v) is 8.36. The van der Waals surface area contributed by atoms with Gasteiger partial charge in [0.25, 0.3) is 5.91 Å². The molecule has 0 saturated carbocycles. The number of carbonyl (C=O) groups is 1. The number of halogens is 3. The van der Waals surface area contributed by atoms with Gasteiger partial charge >= 0.3 is 6.18 Å². The van der Waals surface area contributed by atoms with E-state index in [2.05, 4.69) is 20.8 Å². The maximum atomic E-state index is 13.1. The van der Waals surface area contributed by atoms with Crippen molar-refractivity contribution >= 4 is 11.6 Å². The molecule has 3 rings (SSSR count). The molecule has 0 aliphatic carbocycles. The Hall–Kier alpha value is -3.47. The summed E-state index contributed by atoms with van der Waals surface area (Å²) in [5.41, 5.74) is -0.287. The van der Waals surface area contributed by atoms with E-state index in [1.165, 1.54) is 30.3 Å². The van der Waals surface area contributed by atoms with Crippen molar-refractivity contribution in [2.45, 2.75) is 6.18 Å². The molecule has 8 nitrogen and oxygen atoms in total. The zero-order chi connectivity index (χ0) is 20.9. The summed E-state index contributed by atoms with van der Waals surface area (Å²) in [5, 5.41) is 13.2. The lowest BCUT2D eigenvalue weighted by Gasteiger charge is -2.15. The molecule has 0 unspecified atom stereocenters. The molecule has 0 radical (unpaired) electrons. The van der Waals surface area contributed by atoms with Crippen molar-refractivity contribution < 1.29 is 27.4 Å². The molecule has 152 valence electrons. The van der Waals surface area contributed by atoms with Crippen molar-refractivity contribution in [1.29, 1.82) is 0 Å². The lowest BCUT2D eigenvalue weighted by Crippen LogP contribution is -2.15. The maximum absolute atomic E-state index is 13.1. The number of nitrogens with zero attached hydrogens (tertiary/aromatic N) is 4. The van der Waals surface area contributed by atoms with Crippen LogP contribution in [0.3, 0.4) is 0 Å². The fourth-order valence-electron chi connectivity index (χ4n) is 2.43. The molecule has 0 atom stereocenters. The fourth-order valence-corrected chi connectivity index (χ4v) is 2.43. The number of hydrogen-bond donors (Lipinski definition) is 1. The molecule has 29 heavy (non-hydrogen) atoms. The summed E-state index contributed by atoms with van der Waals surface area (Å²) < 4.78 is 50.9. The lowest BCUT2D eigenvalue weighted by molar-refractivity contribution is -0.137. The molecule has 0 fully saturated rings. The Kier molecular flexibility index (Phi) is 6.07. The van der Waals surface area contributed by atoms with Gasteiger partial charge in [-0.25, -0.2) is 4.68 Å². The van der Waals surface area contributed by atoms with Gasteiger partial charge in [-0.15, -0.1) is 5.10 Å². The highest BCUT2D eigenvalue weighted by molar-refractivity contribution is 6.05. The van der Waals surface area contributed by atoms with Crippen molar-refractivity contribution in [2.24, 2.45) is 0 Å². The number of anilines is 1. The Morgan fingerprint density at radius 1 is 1.17 bits per heavy atom. The fraction of sp³-hybridized carbons (Fsp3) is 0.222. The molecule has 0 aliphatic rings. The highest BCUT2D eigenvalue weighted by atomic mass is 19.4. The average molecular weight is 407 g/mol. The summed E-state index contributed by atoms with van der Waals surface area (Å²) in [5.74, 6) is -0.518. The van der Waals surface area contributed by atoms with E-state index in [1.807, 2.05) is 0 Å². The summed E-state index contributed by atoms with van der Waals surface area (Å²) in [7, 11) is 1.47. The first kappa shape index (κ1) is 20.3. The SMILES string of the molecule is COCCOc1ccc(C(F)(F)F)cc1NC(=O)c1cccc(-n2cnnn2)c1. The number of rotatable bonds is 7. The molecule has 0 saturated heterocycles. The van der Waals surface area contributed by atoms with Crippen LogP contribution in [0, 0.1) is 0 Å². The van der Waals surface area contributed by atoms with Gasteiger partial charge in [0.05, 0.1) is 23.5 Å². The van der Waals surface area contributed by atoms with Gasteiger partial charge < -0.3 is 14.8 Å². The smallest absolute Gasteiger partial charge is 0.416 e. The van der Waals surface area contributed by atoms with Crippen LogP contribution in [0.1, 0.15) is 15.9 Å². The molecule has 3 aromatic rings. The number of benzene rings is 2. The minimum absolute atomic E-state index is 0.0973. The Balaban J connectivity index is 1.87. The second-order valence-corrected chi connectivity index (χ2v) is 5.81. The maximum Gasteiger partial charge on any atom is 0.416 e. The Labute approximate surface area is 163 Å². The highest BCUT2D eigenvalue weighted by Gasteiger charge is 2.31. The predicted molar refractivity (Wildman–Crippen MR) is 95.9 cm³/mol. The minimum atomic E-state index is -4.56. The monoisotopic (exact) mass is 407 g/mol. The van der Waals surface area contributed by atoms with Gasteiger partial charge in [0, 0.05) is 12.7 Å². The Morgan fingerprint density at radius 3 is 2.69 bits per heavy atom. The van der Waals surface area contributed by atoms with Gasteiger partial charge in [-0.3, -0.25) is 4.79 Å². The molecule has 11 heteroatoms. The third-order valence-electron chi connectivity index (χ3n) is 3.82. The van der Waals surface area contributed by atoms with E-state index in [-0.39, 0.29) is 30.2 Å². The summed E-state index contributed by atoms with van der Waals surface area (Å²) >= 11 is 0. The van der Waals surface area contributed by atoms with Crippen LogP contribution in [-0.4, -0.2) is 46.4 Å². The van der Waals surface area contributed by atoms with E-state index >= 15 is 0 Å². The van der Waals surface area contributed by atoms with Crippen LogP contribution in [0.25, 0.3) is 5.69 Å². The normalized spacial score (nSPS) is 11.3. The molecule has 0 aliphatic heterocycles. The summed E-state index contributed by atoms with van der Waals surface area (Å²) in [6.07, 6.45) is -3.21. The van der Waals surface area contributed by atoms with Crippen molar-refractivity contribution in [1.82, 2.24) is 20.2 Å². The number of aromatic nitrogens is 4. The average Bonchev–Trinajstić information content (AvgIpc) is 3.23. The molecular formula is C18H16F3N5O3. The topological polar surface area (TPSA) is 91.2 Å². The van der Waals surface area contributed by atoms with Crippen molar-refractivity contribution in [3.8, 4) is 11.4 Å². The predicted octanol–water partition coefficient (Wildman–Crippen LogP) is 2.96. The number of hydrogen-bond acceptors (Lipinski definition) is 6. The van der Waals surface area contributed by atoms with E-state index in [0.29, 0.717) is 5.69 Å². The number of carbonyl (C=O) groups excluding carboxylic acids is 1. The van der Waals surface area contributed by atoms with Crippen LogP contribution in [0.15, 0.2) is 48.8 Å². The van der Waals surface area contributed by atoms with Gasteiger partial charge in [-0.05, 0) is 46.8 Å². The third kappa shape index (κ3) is 5.08. The number of nitrogens with one attached hydrogen (secondary N) is 1. The van der Waals surface area contributed by atoms with Gasteiger partial charge in [0.1, 0.15) is 18.7 Å². The van der Waals surface area contributed by atoms with Gasteiger partial charge in [0.2, 0.25) is 0 Å². The molecule has 2 aromatic carbocycles. The van der Waals surface area contributed by atoms with Gasteiger partial charge in [-0.1, -0.05) is 6.07 Å². The van der Waals surface area contributed by atoms with Crippen molar-refractivity contribution in [3.05, 3.63) is 59.9 Å². The summed E-state index contributed by atoms with van der Waals surface area (Å²) in [6.45, 7) is 0.349. The summed E-state index contributed by atoms with van der Waals surface area (Å²) in [4.78, 5) is 12.6. The zero-order valence-corrected chi connectivity index (χ0v) is 15.2. The quantitative estimate of drug-likeness (QED) is 0.606. The number of alkyl halides is 3. The van der Waals surface area contributed by atoms with E-state index in [1.54, 1.807) is 12.1 Å². The van der Waals surface area contributed by atoms with E-state index in [4.69, 9.17) is 9.47 Å². The zero-order valence-electron chi connectivity index (χ0n) is 15.2. The Bertz CT molecular complexity index is 977. The first-order valence-electron chi connectivity index (χ1n) is 8.36. The number of amides is 1. The van der Waals surface area contributed by atoms with E-state index in [0.717, 1.165) is 18.2 Å². The second kappa shape index (κ2) is 8.69. The van der Waals surface area contributed by atoms with Gasteiger partial charge in [-0.2, -0.15) is 13.2 Å². The molecule has 0 spiro atoms. The van der Waals surface area contributed by atoms with Crippen LogP contribution in [0.2, 0.25) is 0 Å². The molecule has 1 heterocycles. The third-order valence-corrected chi connectivity index (χ3v) is 3.82. The van der Waals surface area contributed by atoms with Crippen LogP contribution >= 0.6 is 0 Å². The standard InChI is InChI=1S/C18H16F3N5O3/c1-28-7-8-29-16-6-5-13(18(19,20)21)10-15(16)23-17(27)12-3-2-4-14(9-12)26-11-22-24-25-26/h2-6,9-11H,7-8H2,1H3,(H,23,27).